The third-order valence-electron chi connectivity index (χ3n) is 10.5. The SMILES string of the molecule is CC(=O)C[C@@]12CCCC[C@@H]1C[C@H]1[C@@H]3C[C@H](C)C4=CC(=O)CCC4[C@H]3CC[C@@]12C. The molecule has 5 aliphatic carbocycles. The van der Waals surface area contributed by atoms with Crippen LogP contribution in [0.3, 0.4) is 0 Å². The number of fused-ring (bicyclic) bond motifs is 7. The highest BCUT2D eigenvalue weighted by Crippen LogP contribution is 2.73. The van der Waals surface area contributed by atoms with Crippen molar-refractivity contribution < 1.29 is 9.59 Å². The Balaban J connectivity index is 1.51. The van der Waals surface area contributed by atoms with E-state index in [4.69, 9.17) is 0 Å². The summed E-state index contributed by atoms with van der Waals surface area (Å²) < 4.78 is 0. The summed E-state index contributed by atoms with van der Waals surface area (Å²) >= 11 is 0. The van der Waals surface area contributed by atoms with Gasteiger partial charge >= 0.3 is 0 Å². The summed E-state index contributed by atoms with van der Waals surface area (Å²) in [6, 6.07) is 0. The predicted octanol–water partition coefficient (Wildman–Crippen LogP) is 6.14. The molecular formula is C26H38O2. The van der Waals surface area contributed by atoms with Crippen molar-refractivity contribution in [3.8, 4) is 0 Å². The molecule has 4 saturated carbocycles. The van der Waals surface area contributed by atoms with Crippen molar-refractivity contribution in [3.05, 3.63) is 11.6 Å². The first-order chi connectivity index (χ1) is 13.4. The number of Topliss-reactive ketones (excluding diaryl/α,β-unsaturated/α-hetero) is 1. The number of rotatable bonds is 2. The van der Waals surface area contributed by atoms with E-state index in [1.165, 1.54) is 56.9 Å². The lowest BCUT2D eigenvalue weighted by Crippen LogP contribution is -2.52. The Labute approximate surface area is 170 Å². The van der Waals surface area contributed by atoms with Gasteiger partial charge < -0.3 is 4.79 Å². The molecule has 154 valence electrons. The third kappa shape index (κ3) is 2.51. The minimum absolute atomic E-state index is 0.286. The molecule has 4 fully saturated rings. The molecule has 1 unspecified atom stereocenters. The fourth-order valence-electron chi connectivity index (χ4n) is 9.46. The normalized spacial score (nSPS) is 50.1. The highest BCUT2D eigenvalue weighted by Gasteiger charge is 2.66. The summed E-state index contributed by atoms with van der Waals surface area (Å²) in [4.78, 5) is 24.4. The van der Waals surface area contributed by atoms with Crippen LogP contribution in [0.2, 0.25) is 0 Å². The Morgan fingerprint density at radius 3 is 2.71 bits per heavy atom. The monoisotopic (exact) mass is 382 g/mol. The number of hydrogen-bond donors (Lipinski definition) is 0. The van der Waals surface area contributed by atoms with Gasteiger partial charge in [-0.15, -0.1) is 0 Å². The highest BCUT2D eigenvalue weighted by atomic mass is 16.1. The number of carbonyl (C=O) groups excluding carboxylic acids is 2. The predicted molar refractivity (Wildman–Crippen MR) is 112 cm³/mol. The van der Waals surface area contributed by atoms with Crippen LogP contribution in [-0.2, 0) is 9.59 Å². The maximum atomic E-state index is 12.4. The molecule has 28 heavy (non-hydrogen) atoms. The second-order valence-corrected chi connectivity index (χ2v) is 11.5. The maximum Gasteiger partial charge on any atom is 0.155 e. The lowest BCUT2D eigenvalue weighted by molar-refractivity contribution is -0.129. The molecule has 0 bridgehead atoms. The Kier molecular flexibility index (Phi) is 4.45. The number of ketones is 2. The second-order valence-electron chi connectivity index (χ2n) is 11.5. The molecule has 0 N–H and O–H groups in total. The lowest BCUT2D eigenvalue weighted by atomic mass is 9.45. The van der Waals surface area contributed by atoms with E-state index in [0.717, 1.165) is 42.9 Å². The van der Waals surface area contributed by atoms with Gasteiger partial charge in [0.15, 0.2) is 5.78 Å². The van der Waals surface area contributed by atoms with Gasteiger partial charge in [-0.2, -0.15) is 0 Å². The number of hydrogen-bond acceptors (Lipinski definition) is 2. The van der Waals surface area contributed by atoms with E-state index in [2.05, 4.69) is 13.8 Å². The second kappa shape index (κ2) is 6.54. The zero-order valence-electron chi connectivity index (χ0n) is 18.1. The minimum Gasteiger partial charge on any atom is -0.300 e. The van der Waals surface area contributed by atoms with Crippen molar-refractivity contribution in [1.82, 2.24) is 0 Å². The molecule has 0 radical (unpaired) electrons. The van der Waals surface area contributed by atoms with Crippen LogP contribution in [0.4, 0.5) is 0 Å². The van der Waals surface area contributed by atoms with E-state index < -0.39 is 0 Å². The molecule has 0 saturated heterocycles. The summed E-state index contributed by atoms with van der Waals surface area (Å²) in [5.74, 6) is 5.22. The van der Waals surface area contributed by atoms with Crippen LogP contribution in [0.1, 0.15) is 91.4 Å². The van der Waals surface area contributed by atoms with Gasteiger partial charge in [0.05, 0.1) is 0 Å². The molecule has 0 aromatic carbocycles. The van der Waals surface area contributed by atoms with Crippen LogP contribution >= 0.6 is 0 Å². The first-order valence-electron chi connectivity index (χ1n) is 12.1. The summed E-state index contributed by atoms with van der Waals surface area (Å²) in [6.45, 7) is 6.82. The van der Waals surface area contributed by atoms with Crippen molar-refractivity contribution in [2.45, 2.75) is 91.4 Å². The smallest absolute Gasteiger partial charge is 0.155 e. The van der Waals surface area contributed by atoms with Gasteiger partial charge in [-0.3, -0.25) is 4.79 Å². The maximum absolute atomic E-state index is 12.4. The van der Waals surface area contributed by atoms with Gasteiger partial charge in [-0.25, -0.2) is 0 Å². The van der Waals surface area contributed by atoms with E-state index in [-0.39, 0.29) is 5.41 Å². The van der Waals surface area contributed by atoms with Gasteiger partial charge in [-0.05, 0) is 104 Å². The van der Waals surface area contributed by atoms with E-state index in [9.17, 15) is 9.59 Å². The molecule has 5 rings (SSSR count). The average molecular weight is 383 g/mol. The molecule has 2 nitrogen and oxygen atoms in total. The van der Waals surface area contributed by atoms with E-state index in [1.807, 2.05) is 13.0 Å². The lowest BCUT2D eigenvalue weighted by Gasteiger charge is -2.59. The van der Waals surface area contributed by atoms with Crippen molar-refractivity contribution in [1.29, 1.82) is 0 Å². The Morgan fingerprint density at radius 1 is 1.11 bits per heavy atom. The first kappa shape index (κ1) is 19.1. The van der Waals surface area contributed by atoms with Crippen LogP contribution in [0.15, 0.2) is 11.6 Å². The zero-order valence-corrected chi connectivity index (χ0v) is 18.1. The van der Waals surface area contributed by atoms with Crippen LogP contribution in [0, 0.1) is 46.3 Å². The highest BCUT2D eigenvalue weighted by molar-refractivity contribution is 5.91. The van der Waals surface area contributed by atoms with E-state index >= 15 is 0 Å². The molecule has 0 spiro atoms. The van der Waals surface area contributed by atoms with Gasteiger partial charge in [0.1, 0.15) is 5.78 Å². The third-order valence-corrected chi connectivity index (χ3v) is 10.5. The van der Waals surface area contributed by atoms with Gasteiger partial charge in [-0.1, -0.05) is 32.3 Å². The Morgan fingerprint density at radius 2 is 1.93 bits per heavy atom. The average Bonchev–Trinajstić information content (AvgIpc) is 2.91. The summed E-state index contributed by atoms with van der Waals surface area (Å²) in [6.07, 6.45) is 15.4. The molecule has 0 heterocycles. The number of allylic oxidation sites excluding steroid dienone is 1. The van der Waals surface area contributed by atoms with Gasteiger partial charge in [0.2, 0.25) is 0 Å². The van der Waals surface area contributed by atoms with E-state index in [1.54, 1.807) is 0 Å². The largest absolute Gasteiger partial charge is 0.300 e. The Bertz CT molecular complexity index is 720. The van der Waals surface area contributed by atoms with Crippen molar-refractivity contribution >= 4 is 11.6 Å². The first-order valence-corrected chi connectivity index (χ1v) is 12.1. The molecule has 5 aliphatic rings. The fraction of sp³-hybridized carbons (Fsp3) is 0.846. The van der Waals surface area contributed by atoms with Crippen LogP contribution in [0.25, 0.3) is 0 Å². The van der Waals surface area contributed by atoms with Crippen LogP contribution < -0.4 is 0 Å². The quantitative estimate of drug-likeness (QED) is 0.575. The van der Waals surface area contributed by atoms with Crippen molar-refractivity contribution in [3.63, 3.8) is 0 Å². The molecule has 0 aromatic heterocycles. The summed E-state index contributed by atoms with van der Waals surface area (Å²) in [5.41, 5.74) is 2.14. The Hall–Kier alpha value is -0.920. The van der Waals surface area contributed by atoms with Crippen LogP contribution in [-0.4, -0.2) is 11.6 Å². The fourth-order valence-corrected chi connectivity index (χ4v) is 9.46. The molecule has 8 atom stereocenters. The van der Waals surface area contributed by atoms with Crippen molar-refractivity contribution in [2.75, 3.05) is 0 Å². The minimum atomic E-state index is 0.286. The standard InChI is InChI=1S/C26H38O2/c1-16-12-23-21(20-8-7-19(28)14-22(16)20)9-11-25(3)24(23)13-18-6-4-5-10-26(18,25)15-17(2)27/h14,16,18,20-21,23-24H,4-13,15H2,1-3H3/t16-,18+,20?,21+,23+,24-,25-,26-/m0/s1. The van der Waals surface area contributed by atoms with Gasteiger partial charge in [0.25, 0.3) is 0 Å². The molecule has 0 aromatic rings. The zero-order chi connectivity index (χ0) is 19.7. The summed E-state index contributed by atoms with van der Waals surface area (Å²) in [7, 11) is 0. The molecule has 0 aliphatic heterocycles. The molecule has 0 amide bonds. The number of carbonyl (C=O) groups is 2. The topological polar surface area (TPSA) is 34.1 Å². The summed E-state index contributed by atoms with van der Waals surface area (Å²) in [5, 5.41) is 0. The van der Waals surface area contributed by atoms with Crippen LogP contribution in [0.5, 0.6) is 0 Å². The molecular weight excluding hydrogens is 344 g/mol. The van der Waals surface area contributed by atoms with E-state index in [0.29, 0.717) is 28.8 Å². The van der Waals surface area contributed by atoms with Crippen molar-refractivity contribution in [2.24, 2.45) is 46.3 Å². The molecule has 2 heteroatoms. The van der Waals surface area contributed by atoms with Gasteiger partial charge in [0, 0.05) is 12.8 Å².